The van der Waals surface area contributed by atoms with Crippen molar-refractivity contribution < 1.29 is 4.74 Å². The molecule has 1 aromatic heterocycles. The average molecular weight is 278 g/mol. The highest BCUT2D eigenvalue weighted by molar-refractivity contribution is 5.78. The second-order valence-electron chi connectivity index (χ2n) is 5.01. The van der Waals surface area contributed by atoms with Gasteiger partial charge in [0.2, 0.25) is 0 Å². The van der Waals surface area contributed by atoms with Crippen LogP contribution in [0.15, 0.2) is 54.6 Å². The first kappa shape index (κ1) is 13.6. The molecule has 3 aromatic rings. The molecule has 0 unspecified atom stereocenters. The van der Waals surface area contributed by atoms with E-state index in [0.717, 1.165) is 34.3 Å². The molecule has 0 spiro atoms. The van der Waals surface area contributed by atoms with Gasteiger partial charge >= 0.3 is 0 Å². The van der Waals surface area contributed by atoms with Gasteiger partial charge in [0.1, 0.15) is 5.75 Å². The molecule has 3 heteroatoms. The molecule has 0 saturated heterocycles. The minimum absolute atomic E-state index is 0.500. The zero-order valence-corrected chi connectivity index (χ0v) is 12.0. The lowest BCUT2D eigenvalue weighted by Crippen LogP contribution is -2.03. The maximum Gasteiger partial charge on any atom is 0.119 e. The first-order valence-electron chi connectivity index (χ1n) is 7.00. The van der Waals surface area contributed by atoms with Crippen LogP contribution in [0.5, 0.6) is 5.75 Å². The lowest BCUT2D eigenvalue weighted by atomic mass is 10.0. The van der Waals surface area contributed by atoms with Crippen molar-refractivity contribution >= 4 is 10.9 Å². The van der Waals surface area contributed by atoms with Gasteiger partial charge in [-0.2, -0.15) is 0 Å². The highest BCUT2D eigenvalue weighted by atomic mass is 16.5. The van der Waals surface area contributed by atoms with Crippen LogP contribution in [0, 0.1) is 0 Å². The number of nitrogens with zero attached hydrogens (tertiary/aromatic N) is 1. The van der Waals surface area contributed by atoms with Crippen molar-refractivity contribution in [3.63, 3.8) is 0 Å². The fourth-order valence-corrected chi connectivity index (χ4v) is 2.49. The van der Waals surface area contributed by atoms with Crippen molar-refractivity contribution in [1.82, 2.24) is 4.98 Å². The summed E-state index contributed by atoms with van der Waals surface area (Å²) in [5.74, 6) is 0.839. The van der Waals surface area contributed by atoms with Crippen molar-refractivity contribution in [2.75, 3.05) is 7.11 Å². The van der Waals surface area contributed by atoms with Crippen molar-refractivity contribution in [2.24, 2.45) is 5.73 Å². The van der Waals surface area contributed by atoms with E-state index >= 15 is 0 Å². The van der Waals surface area contributed by atoms with Crippen LogP contribution in [0.25, 0.3) is 10.9 Å². The Bertz CT molecular complexity index is 768. The molecule has 0 radical (unpaired) electrons. The molecule has 0 saturated carbocycles. The van der Waals surface area contributed by atoms with E-state index in [0.29, 0.717) is 6.54 Å². The molecule has 0 aliphatic heterocycles. The number of pyridine rings is 1. The molecule has 0 aliphatic rings. The molecule has 0 atom stereocenters. The summed E-state index contributed by atoms with van der Waals surface area (Å²) in [6, 6.07) is 18.4. The molecule has 0 aliphatic carbocycles. The van der Waals surface area contributed by atoms with E-state index in [2.05, 4.69) is 24.3 Å². The van der Waals surface area contributed by atoms with Crippen LogP contribution in [0.2, 0.25) is 0 Å². The predicted molar refractivity (Wildman–Crippen MR) is 85.4 cm³/mol. The molecular formula is C18H18N2O. The summed E-state index contributed by atoms with van der Waals surface area (Å²) in [5, 5.41) is 1.16. The fraction of sp³-hybridized carbons (Fsp3) is 0.167. The van der Waals surface area contributed by atoms with Crippen molar-refractivity contribution in [2.45, 2.75) is 13.0 Å². The van der Waals surface area contributed by atoms with Gasteiger partial charge in [-0.05, 0) is 35.4 Å². The zero-order chi connectivity index (χ0) is 14.7. The molecule has 21 heavy (non-hydrogen) atoms. The van der Waals surface area contributed by atoms with Crippen molar-refractivity contribution in [3.05, 3.63) is 71.4 Å². The largest absolute Gasteiger partial charge is 0.497 e. The Kier molecular flexibility index (Phi) is 3.84. The van der Waals surface area contributed by atoms with Gasteiger partial charge in [0.15, 0.2) is 0 Å². The summed E-state index contributed by atoms with van der Waals surface area (Å²) < 4.78 is 5.25. The summed E-state index contributed by atoms with van der Waals surface area (Å²) in [5.41, 5.74) is 10.2. The molecule has 0 bridgehead atoms. The third-order valence-corrected chi connectivity index (χ3v) is 3.66. The Balaban J connectivity index is 1.94. The van der Waals surface area contributed by atoms with E-state index < -0.39 is 0 Å². The van der Waals surface area contributed by atoms with E-state index in [1.54, 1.807) is 7.11 Å². The van der Waals surface area contributed by atoms with Crippen LogP contribution < -0.4 is 10.5 Å². The lowest BCUT2D eigenvalue weighted by Gasteiger charge is -2.10. The van der Waals surface area contributed by atoms with E-state index in [9.17, 15) is 0 Å². The van der Waals surface area contributed by atoms with E-state index in [1.807, 2.05) is 30.3 Å². The number of fused-ring (bicyclic) bond motifs is 1. The number of methoxy groups -OCH3 is 1. The van der Waals surface area contributed by atoms with Gasteiger partial charge in [0, 0.05) is 24.0 Å². The monoisotopic (exact) mass is 278 g/mol. The summed E-state index contributed by atoms with van der Waals surface area (Å²) in [4.78, 5) is 4.72. The van der Waals surface area contributed by atoms with E-state index in [1.165, 1.54) is 5.56 Å². The minimum Gasteiger partial charge on any atom is -0.497 e. The number of benzene rings is 2. The number of aromatic nitrogens is 1. The van der Waals surface area contributed by atoms with Crippen LogP contribution in [-0.4, -0.2) is 12.1 Å². The lowest BCUT2D eigenvalue weighted by molar-refractivity contribution is 0.414. The molecule has 0 fully saturated rings. The van der Waals surface area contributed by atoms with E-state index in [4.69, 9.17) is 15.5 Å². The Morgan fingerprint density at radius 1 is 1.00 bits per heavy atom. The van der Waals surface area contributed by atoms with Gasteiger partial charge in [0.25, 0.3) is 0 Å². The first-order chi connectivity index (χ1) is 10.3. The topological polar surface area (TPSA) is 48.1 Å². The summed E-state index contributed by atoms with van der Waals surface area (Å²) in [7, 11) is 1.67. The molecule has 1 heterocycles. The second-order valence-corrected chi connectivity index (χ2v) is 5.01. The minimum atomic E-state index is 0.500. The molecule has 3 nitrogen and oxygen atoms in total. The number of hydrogen-bond acceptors (Lipinski definition) is 3. The van der Waals surface area contributed by atoms with Gasteiger partial charge < -0.3 is 10.5 Å². The van der Waals surface area contributed by atoms with Gasteiger partial charge in [0.05, 0.1) is 12.6 Å². The number of ether oxygens (including phenoxy) is 1. The average Bonchev–Trinajstić information content (AvgIpc) is 2.55. The van der Waals surface area contributed by atoms with Crippen molar-refractivity contribution in [1.29, 1.82) is 0 Å². The third kappa shape index (κ3) is 2.88. The maximum atomic E-state index is 5.84. The highest BCUT2D eigenvalue weighted by Gasteiger charge is 2.06. The SMILES string of the molecule is COc1ccc(Cc2ccc3ccccc3n2)c(CN)c1. The van der Waals surface area contributed by atoms with E-state index in [-0.39, 0.29) is 0 Å². The third-order valence-electron chi connectivity index (χ3n) is 3.66. The Morgan fingerprint density at radius 3 is 2.67 bits per heavy atom. The molecule has 3 rings (SSSR count). The maximum absolute atomic E-state index is 5.84. The zero-order valence-electron chi connectivity index (χ0n) is 12.0. The fourth-order valence-electron chi connectivity index (χ4n) is 2.49. The standard InChI is InChI=1S/C18H18N2O/c1-21-17-9-7-14(15(11-17)12-19)10-16-8-6-13-4-2-3-5-18(13)20-16/h2-9,11H,10,12,19H2,1H3. The van der Waals surface area contributed by atoms with Gasteiger partial charge in [-0.15, -0.1) is 0 Å². The summed E-state index contributed by atoms with van der Waals surface area (Å²) in [6.07, 6.45) is 0.779. The molecule has 2 N–H and O–H groups in total. The van der Waals surface area contributed by atoms with Crippen LogP contribution in [0.4, 0.5) is 0 Å². The molecular weight excluding hydrogens is 260 g/mol. The predicted octanol–water partition coefficient (Wildman–Crippen LogP) is 3.29. The summed E-state index contributed by atoms with van der Waals surface area (Å²) >= 11 is 0. The first-order valence-corrected chi connectivity index (χ1v) is 7.00. The van der Waals surface area contributed by atoms with Crippen LogP contribution in [-0.2, 0) is 13.0 Å². The highest BCUT2D eigenvalue weighted by Crippen LogP contribution is 2.21. The Hall–Kier alpha value is -2.39. The van der Waals surface area contributed by atoms with Crippen LogP contribution in [0.3, 0.4) is 0 Å². The van der Waals surface area contributed by atoms with Crippen LogP contribution in [0.1, 0.15) is 16.8 Å². The normalized spacial score (nSPS) is 10.8. The smallest absolute Gasteiger partial charge is 0.119 e. The number of hydrogen-bond donors (Lipinski definition) is 1. The molecule has 106 valence electrons. The van der Waals surface area contributed by atoms with Gasteiger partial charge in [-0.1, -0.05) is 30.3 Å². The molecule has 2 aromatic carbocycles. The Labute approximate surface area is 124 Å². The van der Waals surface area contributed by atoms with Crippen LogP contribution >= 0.6 is 0 Å². The van der Waals surface area contributed by atoms with Crippen molar-refractivity contribution in [3.8, 4) is 5.75 Å². The van der Waals surface area contributed by atoms with Gasteiger partial charge in [-0.25, -0.2) is 0 Å². The van der Waals surface area contributed by atoms with Gasteiger partial charge in [-0.3, -0.25) is 4.98 Å². The Morgan fingerprint density at radius 2 is 1.86 bits per heavy atom. The molecule has 0 amide bonds. The quantitative estimate of drug-likeness (QED) is 0.796. The number of rotatable bonds is 4. The number of para-hydroxylation sites is 1. The second kappa shape index (κ2) is 5.94. The summed E-state index contributed by atoms with van der Waals surface area (Å²) in [6.45, 7) is 0.500. The number of nitrogens with two attached hydrogens (primary N) is 1.